The number of benzene rings is 13. The minimum absolute atomic E-state index is 0.148. The number of hydrogen-bond donors (Lipinski definition) is 0. The Morgan fingerprint density at radius 3 is 1.24 bits per heavy atom. The molecule has 2 aliphatic heterocycles. The summed E-state index contributed by atoms with van der Waals surface area (Å²) < 4.78 is 4.99. The lowest BCUT2D eigenvalue weighted by molar-refractivity contribution is 0.588. The lowest BCUT2D eigenvalue weighted by Crippen LogP contribution is -2.62. The van der Waals surface area contributed by atoms with Crippen molar-refractivity contribution in [2.45, 2.75) is 137 Å². The molecular weight excluding hydrogens is 1290 g/mol. The number of fused-ring (bicyclic) bond motifs is 10. The van der Waals surface area contributed by atoms with E-state index in [1.807, 2.05) is 24.3 Å². The van der Waals surface area contributed by atoms with Gasteiger partial charge in [0.25, 0.3) is 0 Å². The highest BCUT2D eigenvalue weighted by Crippen LogP contribution is 2.55. The van der Waals surface area contributed by atoms with Crippen molar-refractivity contribution in [2.24, 2.45) is 0 Å². The Balaban J connectivity index is 1.09. The molecule has 0 saturated heterocycles. The Kier molecular flexibility index (Phi) is 16.0. The quantitative estimate of drug-likeness (QED) is 0.112. The van der Waals surface area contributed by atoms with E-state index < -0.39 is 0 Å². The monoisotopic (exact) mass is 1380 g/mol. The molecule has 0 spiro atoms. The van der Waals surface area contributed by atoms with Crippen molar-refractivity contribution < 1.29 is 0 Å². The van der Waals surface area contributed by atoms with Gasteiger partial charge >= 0.3 is 0 Å². The van der Waals surface area contributed by atoms with Crippen molar-refractivity contribution in [1.82, 2.24) is 9.13 Å². The third kappa shape index (κ3) is 11.5. The van der Waals surface area contributed by atoms with Gasteiger partial charge in [0.2, 0.25) is 6.71 Å². The van der Waals surface area contributed by atoms with Crippen molar-refractivity contribution in [3.8, 4) is 62.0 Å². The SMILES string of the molecule is [C-]#[N+]c1ccc(-c2cc(C(C)(C)C)cc(-c3cccc(C(C)(C)C)c3)c2C2c3cc(-n4c5ccccc5c5ccccc54)ccc3B3c4ccc(-n5c6ccccc6c6ccccc65)cc4N(c4c(-c5ccc(C#N)cc5)cc(C(C)(C)C)cc4-c4cccc(C(C)(C)C)c4)c4cc(C(C)(C)C)cc2c43)cc1. The summed E-state index contributed by atoms with van der Waals surface area (Å²) in [6, 6.07) is 104. The summed E-state index contributed by atoms with van der Waals surface area (Å²) in [5, 5.41) is 15.4. The summed E-state index contributed by atoms with van der Waals surface area (Å²) >= 11 is 0. The highest BCUT2D eigenvalue weighted by Gasteiger charge is 2.47. The minimum atomic E-state index is -0.382. The zero-order chi connectivity index (χ0) is 74.5. The van der Waals surface area contributed by atoms with Crippen LogP contribution in [0.25, 0.3) is 104 Å². The molecule has 0 bridgehead atoms. The third-order valence-electron chi connectivity index (χ3n) is 23.1. The van der Waals surface area contributed by atoms with Crippen LogP contribution in [-0.4, -0.2) is 15.8 Å². The Hall–Kier alpha value is -11.7. The number of nitrogens with zero attached hydrogens (tertiary/aromatic N) is 5. The number of nitriles is 1. The fraction of sp³-hybridized carbons (Fsp3) is 0.208. The van der Waals surface area contributed by atoms with Gasteiger partial charge in [-0.25, -0.2) is 4.85 Å². The van der Waals surface area contributed by atoms with Crippen molar-refractivity contribution in [3.63, 3.8) is 0 Å². The first-order valence-corrected chi connectivity index (χ1v) is 38.0. The van der Waals surface area contributed by atoms with E-state index in [4.69, 9.17) is 6.57 Å². The van der Waals surface area contributed by atoms with Crippen LogP contribution in [0.3, 0.4) is 0 Å². The Bertz CT molecular complexity index is 5760. The highest BCUT2D eigenvalue weighted by atomic mass is 15.2. The van der Waals surface area contributed by atoms with Crippen LogP contribution in [0.5, 0.6) is 0 Å². The van der Waals surface area contributed by atoms with E-state index in [-0.39, 0.29) is 39.7 Å². The fourth-order valence-electron chi connectivity index (χ4n) is 17.3. The van der Waals surface area contributed by atoms with E-state index in [0.29, 0.717) is 11.3 Å². The molecule has 1 unspecified atom stereocenters. The van der Waals surface area contributed by atoms with Gasteiger partial charge in [0.05, 0.1) is 46.0 Å². The molecule has 522 valence electrons. The van der Waals surface area contributed by atoms with Crippen LogP contribution in [0.1, 0.15) is 160 Å². The Labute approximate surface area is 632 Å². The zero-order valence-electron chi connectivity index (χ0n) is 64.3. The van der Waals surface area contributed by atoms with Gasteiger partial charge < -0.3 is 14.0 Å². The summed E-state index contributed by atoms with van der Waals surface area (Å²) in [5.41, 5.74) is 32.6. The normalized spacial score (nSPS) is 13.8. The lowest BCUT2D eigenvalue weighted by Gasteiger charge is -2.45. The third-order valence-corrected chi connectivity index (χ3v) is 23.1. The number of para-hydroxylation sites is 4. The van der Waals surface area contributed by atoms with Crippen LogP contribution in [-0.2, 0) is 27.1 Å². The molecule has 17 rings (SSSR count). The molecule has 5 nitrogen and oxygen atoms in total. The second-order valence-electron chi connectivity index (χ2n) is 35.2. The van der Waals surface area contributed by atoms with Crippen LogP contribution < -0.4 is 21.3 Å². The molecule has 4 heterocycles. The molecule has 2 aromatic heterocycles. The van der Waals surface area contributed by atoms with E-state index >= 15 is 0 Å². The van der Waals surface area contributed by atoms with Crippen LogP contribution in [0.2, 0.25) is 0 Å². The van der Waals surface area contributed by atoms with E-state index in [1.165, 1.54) is 93.6 Å². The molecule has 6 heteroatoms. The maximum Gasteiger partial charge on any atom is 0.247 e. The molecule has 13 aromatic carbocycles. The van der Waals surface area contributed by atoms with E-state index in [0.717, 1.165) is 83.9 Å². The molecular formula is C101H90BN5. The fourth-order valence-corrected chi connectivity index (χ4v) is 17.3. The average molecular weight is 1380 g/mol. The van der Waals surface area contributed by atoms with Crippen molar-refractivity contribution in [3.05, 3.63) is 328 Å². The van der Waals surface area contributed by atoms with Crippen LogP contribution in [0, 0.1) is 17.9 Å². The summed E-state index contributed by atoms with van der Waals surface area (Å²) in [7, 11) is 0. The molecule has 107 heavy (non-hydrogen) atoms. The lowest BCUT2D eigenvalue weighted by atomic mass is 9.31. The smallest absolute Gasteiger partial charge is 0.247 e. The van der Waals surface area contributed by atoms with Crippen molar-refractivity contribution in [2.75, 3.05) is 4.90 Å². The van der Waals surface area contributed by atoms with E-state index in [1.54, 1.807) is 0 Å². The summed E-state index contributed by atoms with van der Waals surface area (Å²) in [6.45, 7) is 43.2. The average Bonchev–Trinajstić information content (AvgIpc) is 1.39. The predicted molar refractivity (Wildman–Crippen MR) is 455 cm³/mol. The molecule has 0 aliphatic carbocycles. The second-order valence-corrected chi connectivity index (χ2v) is 35.2. The standard InChI is InChI=1S/C101H90BN5/c1-97(2,3)67-29-25-27-65(51-67)80-54-69(99(7,8)9)53-79(63-43-45-72(104-16)46-44-63)93(80)94-83-59-73(105-87-35-21-17-31-75(87)76-32-18-22-36-88(76)105)47-49-85(83)102-86-50-48-74(106-89-37-23-19-33-77(89)78-34-20-24-38-90(78)106)60-91(86)107(92-58-71(101(13,14)15)57-84(94)95(92)102)96-81(64-41-39-62(61-103)40-42-64)55-70(100(10,11)12)56-82(96)66-28-26-30-68(52-66)98(4,5)6/h17-60,94H,1-15H3. The van der Waals surface area contributed by atoms with Gasteiger partial charge in [-0.2, -0.15) is 5.26 Å². The molecule has 0 fully saturated rings. The van der Waals surface area contributed by atoms with Gasteiger partial charge in [-0.15, -0.1) is 0 Å². The van der Waals surface area contributed by atoms with Gasteiger partial charge in [-0.1, -0.05) is 297 Å². The molecule has 0 N–H and O–H groups in total. The van der Waals surface area contributed by atoms with Crippen molar-refractivity contribution in [1.29, 1.82) is 5.26 Å². The Morgan fingerprint density at radius 2 is 0.766 bits per heavy atom. The predicted octanol–water partition coefficient (Wildman–Crippen LogP) is 25.3. The number of aromatic nitrogens is 2. The maximum absolute atomic E-state index is 10.5. The van der Waals surface area contributed by atoms with Gasteiger partial charge in [0.15, 0.2) is 5.69 Å². The molecule has 15 aromatic rings. The number of anilines is 3. The number of rotatable bonds is 8. The Morgan fingerprint density at radius 1 is 0.355 bits per heavy atom. The van der Waals surface area contributed by atoms with Gasteiger partial charge in [-0.3, -0.25) is 0 Å². The second kappa shape index (κ2) is 25.0. The first kappa shape index (κ1) is 68.4. The maximum atomic E-state index is 10.5. The molecule has 0 saturated carbocycles. The largest absolute Gasteiger partial charge is 0.310 e. The zero-order valence-corrected chi connectivity index (χ0v) is 64.3. The first-order chi connectivity index (χ1) is 51.1. The van der Waals surface area contributed by atoms with Gasteiger partial charge in [-0.05, 0) is 195 Å². The molecule has 0 radical (unpaired) electrons. The van der Waals surface area contributed by atoms with Crippen molar-refractivity contribution >= 4 is 89.5 Å². The highest BCUT2D eigenvalue weighted by molar-refractivity contribution is 6.99. The van der Waals surface area contributed by atoms with Crippen LogP contribution in [0.15, 0.2) is 267 Å². The molecule has 1 atom stereocenters. The summed E-state index contributed by atoms with van der Waals surface area (Å²) in [4.78, 5) is 6.70. The van der Waals surface area contributed by atoms with Gasteiger partial charge in [0, 0.05) is 61.3 Å². The van der Waals surface area contributed by atoms with E-state index in [2.05, 4.69) is 371 Å². The summed E-state index contributed by atoms with van der Waals surface area (Å²) in [5.74, 6) is -0.382. The van der Waals surface area contributed by atoms with Crippen LogP contribution >= 0.6 is 0 Å². The molecule has 0 amide bonds. The van der Waals surface area contributed by atoms with Gasteiger partial charge in [0.1, 0.15) is 0 Å². The topological polar surface area (TPSA) is 41.2 Å². The summed E-state index contributed by atoms with van der Waals surface area (Å²) in [6.07, 6.45) is 0. The molecule has 2 aliphatic rings. The van der Waals surface area contributed by atoms with E-state index in [9.17, 15) is 5.26 Å². The first-order valence-electron chi connectivity index (χ1n) is 38.0. The van der Waals surface area contributed by atoms with Crippen LogP contribution in [0.4, 0.5) is 22.7 Å². The minimum Gasteiger partial charge on any atom is -0.310 e. The number of hydrogen-bond acceptors (Lipinski definition) is 2.